The van der Waals surface area contributed by atoms with E-state index in [4.69, 9.17) is 18.6 Å². The maximum Gasteiger partial charge on any atom is 0.424 e. The van der Waals surface area contributed by atoms with E-state index >= 15 is 0 Å². The van der Waals surface area contributed by atoms with Gasteiger partial charge in [-0.05, 0) is 30.2 Å². The Morgan fingerprint density at radius 3 is 2.60 bits per heavy atom. The van der Waals surface area contributed by atoms with Crippen LogP contribution in [0.25, 0.3) is 27.4 Å². The van der Waals surface area contributed by atoms with Gasteiger partial charge < -0.3 is 23.7 Å². The number of thiazole rings is 1. The van der Waals surface area contributed by atoms with Crippen molar-refractivity contribution in [3.63, 3.8) is 0 Å². The average Bonchev–Trinajstić information content (AvgIpc) is 3.73. The molecule has 1 N–H and O–H groups in total. The monoisotopic (exact) mass is 594 g/mol. The van der Waals surface area contributed by atoms with Crippen molar-refractivity contribution in [2.75, 3.05) is 14.2 Å². The number of furan rings is 1. The van der Waals surface area contributed by atoms with Gasteiger partial charge in [0, 0.05) is 23.4 Å². The van der Waals surface area contributed by atoms with Gasteiger partial charge in [-0.1, -0.05) is 19.3 Å². The van der Waals surface area contributed by atoms with Crippen molar-refractivity contribution in [1.82, 2.24) is 19.6 Å². The fraction of sp³-hybridized carbons (Fsp3) is 0.423. The zero-order valence-electron chi connectivity index (χ0n) is 21.5. The number of rotatable bonds is 8. The third-order valence-corrected chi connectivity index (χ3v) is 9.04. The molecule has 40 heavy (non-hydrogen) atoms. The Balaban J connectivity index is 1.27. The highest BCUT2D eigenvalue weighted by Gasteiger charge is 2.61. The fourth-order valence-corrected chi connectivity index (χ4v) is 6.78. The van der Waals surface area contributed by atoms with Gasteiger partial charge in [-0.2, -0.15) is 13.2 Å². The molecule has 4 heterocycles. The summed E-state index contributed by atoms with van der Waals surface area (Å²) < 4.78 is 66.7. The van der Waals surface area contributed by atoms with Crippen molar-refractivity contribution in [2.24, 2.45) is 5.92 Å². The van der Waals surface area contributed by atoms with Gasteiger partial charge in [-0.25, -0.2) is 14.5 Å². The van der Waals surface area contributed by atoms with Crippen LogP contribution in [0.15, 0.2) is 34.2 Å². The van der Waals surface area contributed by atoms with Gasteiger partial charge in [0.2, 0.25) is 10.6 Å². The smallest absolute Gasteiger partial charge is 0.424 e. The second-order valence-corrected chi connectivity index (χ2v) is 11.4. The summed E-state index contributed by atoms with van der Waals surface area (Å²) in [6.07, 6.45) is -0.310. The van der Waals surface area contributed by atoms with Crippen LogP contribution in [-0.2, 0) is 12.2 Å². The van der Waals surface area contributed by atoms with Crippen LogP contribution in [0.2, 0.25) is 0 Å². The van der Waals surface area contributed by atoms with Gasteiger partial charge >= 0.3 is 6.18 Å². The lowest BCUT2D eigenvalue weighted by molar-refractivity contribution is -0.290. The highest BCUT2D eigenvalue weighted by molar-refractivity contribution is 7.18. The Morgan fingerprint density at radius 1 is 1.10 bits per heavy atom. The van der Waals surface area contributed by atoms with Crippen LogP contribution >= 0.6 is 22.7 Å². The summed E-state index contributed by atoms with van der Waals surface area (Å²) in [7, 11) is 3.04. The third-order valence-electron chi connectivity index (χ3n) is 7.14. The molecule has 14 heteroatoms. The van der Waals surface area contributed by atoms with Gasteiger partial charge in [0.15, 0.2) is 5.76 Å². The standard InChI is InChI=1S/C26H25F3N4O5S2/c1-35-16-8-19(17-10-21(38-20(17)9-16)18-11-33-23(31-18)40-24(32-33)36-2)37-12-15-13-39-22(30-15)25(34,26(27,28)29)14-6-4-3-5-7-14/h8-11,13-14,34H,3-7,12H2,1-2H3. The maximum absolute atomic E-state index is 14.2. The summed E-state index contributed by atoms with van der Waals surface area (Å²) in [6, 6.07) is 5.15. The van der Waals surface area contributed by atoms with Gasteiger partial charge in [0.25, 0.3) is 5.19 Å². The zero-order chi connectivity index (χ0) is 28.1. The van der Waals surface area contributed by atoms with Crippen LogP contribution in [0.1, 0.15) is 42.8 Å². The Morgan fingerprint density at radius 2 is 1.90 bits per heavy atom. The summed E-state index contributed by atoms with van der Waals surface area (Å²) in [4.78, 5) is 9.36. The number of halogens is 3. The number of aromatic nitrogens is 4. The number of alkyl halides is 3. The first kappa shape index (κ1) is 26.8. The number of imidazole rings is 1. The molecule has 1 atom stereocenters. The van der Waals surface area contributed by atoms with Crippen molar-refractivity contribution < 1.29 is 36.9 Å². The van der Waals surface area contributed by atoms with Crippen LogP contribution in [0.5, 0.6) is 16.7 Å². The van der Waals surface area contributed by atoms with Crippen molar-refractivity contribution in [3.8, 4) is 28.1 Å². The first-order valence-electron chi connectivity index (χ1n) is 12.6. The Labute approximate surface area is 234 Å². The highest BCUT2D eigenvalue weighted by atomic mass is 32.1. The zero-order valence-corrected chi connectivity index (χ0v) is 23.2. The molecule has 212 valence electrons. The van der Waals surface area contributed by atoms with Crippen molar-refractivity contribution in [1.29, 1.82) is 0 Å². The minimum absolute atomic E-state index is 0.109. The van der Waals surface area contributed by atoms with E-state index < -0.39 is 17.7 Å². The molecule has 4 aromatic heterocycles. The topological polar surface area (TPSA) is 104 Å². The summed E-state index contributed by atoms with van der Waals surface area (Å²) in [6.45, 7) is -0.109. The van der Waals surface area contributed by atoms with E-state index in [0.717, 1.165) is 17.8 Å². The highest BCUT2D eigenvalue weighted by Crippen LogP contribution is 2.50. The molecular formula is C26H25F3N4O5S2. The van der Waals surface area contributed by atoms with Crippen LogP contribution < -0.4 is 14.2 Å². The minimum Gasteiger partial charge on any atom is -0.496 e. The van der Waals surface area contributed by atoms with E-state index in [2.05, 4.69) is 15.1 Å². The SMILES string of the molecule is COc1cc(OCc2csc(C(O)(C3CCCCC3)C(F)(F)F)n2)c2cc(-c3cn4nc(OC)sc4n3)oc2c1. The molecule has 9 nitrogen and oxygen atoms in total. The molecule has 0 amide bonds. The van der Waals surface area contributed by atoms with E-state index in [1.54, 1.807) is 28.9 Å². The first-order valence-corrected chi connectivity index (χ1v) is 14.3. The number of benzene rings is 1. The van der Waals surface area contributed by atoms with Crippen molar-refractivity contribution >= 4 is 38.6 Å². The second kappa shape index (κ2) is 10.2. The molecule has 0 aliphatic heterocycles. The summed E-state index contributed by atoms with van der Waals surface area (Å²) in [5, 5.41) is 17.5. The summed E-state index contributed by atoms with van der Waals surface area (Å²) in [5.41, 5.74) is -1.65. The molecule has 0 spiro atoms. The van der Waals surface area contributed by atoms with E-state index in [-0.39, 0.29) is 17.3 Å². The Bertz CT molecular complexity index is 1620. The fourth-order valence-electron chi connectivity index (χ4n) is 5.08. The number of aliphatic hydroxyl groups is 1. The second-order valence-electron chi connectivity index (χ2n) is 9.61. The quantitative estimate of drug-likeness (QED) is 0.215. The lowest BCUT2D eigenvalue weighted by Crippen LogP contribution is -2.49. The van der Waals surface area contributed by atoms with Gasteiger partial charge in [0.1, 0.15) is 34.4 Å². The average molecular weight is 595 g/mol. The molecule has 1 aromatic carbocycles. The molecule has 0 bridgehead atoms. The number of hydrogen-bond donors (Lipinski definition) is 1. The number of hydrogen-bond acceptors (Lipinski definition) is 10. The maximum atomic E-state index is 14.2. The predicted molar refractivity (Wildman–Crippen MR) is 142 cm³/mol. The van der Waals surface area contributed by atoms with Crippen molar-refractivity contribution in [3.05, 3.63) is 40.5 Å². The number of fused-ring (bicyclic) bond motifs is 2. The van der Waals surface area contributed by atoms with E-state index in [1.807, 2.05) is 0 Å². The van der Waals surface area contributed by atoms with Crippen LogP contribution in [-0.4, -0.2) is 45.1 Å². The Hall–Kier alpha value is -3.36. The molecule has 0 saturated heterocycles. The van der Waals surface area contributed by atoms with Gasteiger partial charge in [-0.15, -0.1) is 16.4 Å². The normalized spacial score (nSPS) is 16.4. The van der Waals surface area contributed by atoms with Crippen LogP contribution in [0, 0.1) is 5.92 Å². The molecule has 5 aromatic rings. The van der Waals surface area contributed by atoms with E-state index in [0.29, 0.717) is 69.8 Å². The molecule has 1 aliphatic rings. The molecular weight excluding hydrogens is 569 g/mol. The molecule has 1 fully saturated rings. The van der Waals surface area contributed by atoms with E-state index in [1.165, 1.54) is 30.9 Å². The molecule has 1 saturated carbocycles. The lowest BCUT2D eigenvalue weighted by Gasteiger charge is -2.38. The molecule has 6 rings (SSSR count). The number of ether oxygens (including phenoxy) is 3. The van der Waals surface area contributed by atoms with Gasteiger partial charge in [-0.3, -0.25) is 0 Å². The third kappa shape index (κ3) is 4.67. The predicted octanol–water partition coefficient (Wildman–Crippen LogP) is 6.59. The first-order chi connectivity index (χ1) is 19.2. The van der Waals surface area contributed by atoms with Gasteiger partial charge in [0.05, 0.1) is 31.5 Å². The molecule has 1 unspecified atom stereocenters. The molecule has 0 radical (unpaired) electrons. The van der Waals surface area contributed by atoms with Crippen LogP contribution in [0.3, 0.4) is 0 Å². The Kier molecular flexibility index (Phi) is 6.87. The molecule has 1 aliphatic carbocycles. The van der Waals surface area contributed by atoms with Crippen molar-refractivity contribution in [2.45, 2.75) is 50.5 Å². The summed E-state index contributed by atoms with van der Waals surface area (Å²) >= 11 is 2.09. The number of methoxy groups -OCH3 is 2. The van der Waals surface area contributed by atoms with Crippen LogP contribution in [0.4, 0.5) is 13.2 Å². The summed E-state index contributed by atoms with van der Waals surface area (Å²) in [5.74, 6) is 0.433. The lowest BCUT2D eigenvalue weighted by atomic mass is 9.76. The number of nitrogens with zero attached hydrogens (tertiary/aromatic N) is 4. The van der Waals surface area contributed by atoms with E-state index in [9.17, 15) is 18.3 Å². The minimum atomic E-state index is -4.83. The largest absolute Gasteiger partial charge is 0.496 e.